The number of thioether (sulfide) groups is 1. The second kappa shape index (κ2) is 9.41. The van der Waals surface area contributed by atoms with Crippen molar-refractivity contribution < 1.29 is 33.8 Å². The molecule has 1 saturated heterocycles. The molecular formula is C15H23N3O7S. The SMILES string of the molecule is CC(C)(C)OC(=O)N[C@@H]1CC(=O)N(CCNC(=O)CSCC(=O)O)C1=O. The minimum atomic E-state index is -1.01. The van der Waals surface area contributed by atoms with Crippen LogP contribution in [0.25, 0.3) is 0 Å². The molecule has 1 aliphatic heterocycles. The van der Waals surface area contributed by atoms with Crippen molar-refractivity contribution in [3.63, 3.8) is 0 Å². The molecule has 10 nitrogen and oxygen atoms in total. The van der Waals surface area contributed by atoms with E-state index in [1.54, 1.807) is 20.8 Å². The average Bonchev–Trinajstić information content (AvgIpc) is 2.72. The van der Waals surface area contributed by atoms with Crippen molar-refractivity contribution >= 4 is 41.5 Å². The number of nitrogens with zero attached hydrogens (tertiary/aromatic N) is 1. The molecule has 1 atom stereocenters. The zero-order valence-corrected chi connectivity index (χ0v) is 15.7. The molecule has 146 valence electrons. The molecule has 3 N–H and O–H groups in total. The predicted octanol–water partition coefficient (Wildman–Crippen LogP) is -0.427. The van der Waals surface area contributed by atoms with E-state index < -0.39 is 41.4 Å². The van der Waals surface area contributed by atoms with Crippen molar-refractivity contribution in [1.29, 1.82) is 0 Å². The van der Waals surface area contributed by atoms with Gasteiger partial charge in [-0.05, 0) is 20.8 Å². The summed E-state index contributed by atoms with van der Waals surface area (Å²) in [5.41, 5.74) is -0.724. The van der Waals surface area contributed by atoms with Gasteiger partial charge in [-0.2, -0.15) is 0 Å². The standard InChI is InChI=1S/C15H23N3O7S/c1-15(2,3)25-14(24)17-9-6-11(20)18(13(9)23)5-4-16-10(19)7-26-8-12(21)22/h9H,4-8H2,1-3H3,(H,16,19)(H,17,24)(H,21,22)/t9-/m1/s1. The van der Waals surface area contributed by atoms with Crippen LogP contribution < -0.4 is 10.6 Å². The van der Waals surface area contributed by atoms with E-state index in [1.165, 1.54) is 0 Å². The second-order valence-electron chi connectivity index (χ2n) is 6.52. The first-order valence-electron chi connectivity index (χ1n) is 7.89. The van der Waals surface area contributed by atoms with Gasteiger partial charge < -0.3 is 20.5 Å². The quantitative estimate of drug-likeness (QED) is 0.475. The van der Waals surface area contributed by atoms with E-state index >= 15 is 0 Å². The van der Waals surface area contributed by atoms with Gasteiger partial charge in [0.1, 0.15) is 11.6 Å². The summed E-state index contributed by atoms with van der Waals surface area (Å²) in [6.45, 7) is 5.05. The van der Waals surface area contributed by atoms with Crippen molar-refractivity contribution in [3.05, 3.63) is 0 Å². The molecule has 0 aliphatic carbocycles. The maximum Gasteiger partial charge on any atom is 0.408 e. The van der Waals surface area contributed by atoms with Crippen molar-refractivity contribution in [2.24, 2.45) is 0 Å². The Labute approximate surface area is 155 Å². The number of carboxylic acid groups (broad SMARTS) is 1. The minimum absolute atomic E-state index is 0.0283. The third kappa shape index (κ3) is 7.72. The van der Waals surface area contributed by atoms with Crippen molar-refractivity contribution in [2.45, 2.75) is 38.8 Å². The van der Waals surface area contributed by atoms with E-state index in [0.29, 0.717) is 0 Å². The van der Waals surface area contributed by atoms with Gasteiger partial charge in [0.15, 0.2) is 0 Å². The highest BCUT2D eigenvalue weighted by atomic mass is 32.2. The molecule has 26 heavy (non-hydrogen) atoms. The fraction of sp³-hybridized carbons (Fsp3) is 0.667. The van der Waals surface area contributed by atoms with Gasteiger partial charge in [0.25, 0.3) is 5.91 Å². The number of carbonyl (C=O) groups excluding carboxylic acids is 4. The van der Waals surface area contributed by atoms with Crippen LogP contribution in [0.4, 0.5) is 4.79 Å². The minimum Gasteiger partial charge on any atom is -0.481 e. The van der Waals surface area contributed by atoms with Crippen LogP contribution >= 0.6 is 11.8 Å². The lowest BCUT2D eigenvalue weighted by atomic mass is 10.2. The molecule has 1 rings (SSSR count). The Bertz CT molecular complexity index is 588. The first kappa shape index (κ1) is 21.7. The third-order valence-electron chi connectivity index (χ3n) is 3.05. The topological polar surface area (TPSA) is 142 Å². The lowest BCUT2D eigenvalue weighted by Gasteiger charge is -2.21. The zero-order valence-electron chi connectivity index (χ0n) is 14.9. The van der Waals surface area contributed by atoms with E-state index in [9.17, 15) is 24.0 Å². The summed E-state index contributed by atoms with van der Waals surface area (Å²) < 4.78 is 5.05. The van der Waals surface area contributed by atoms with Gasteiger partial charge in [-0.25, -0.2) is 4.79 Å². The largest absolute Gasteiger partial charge is 0.481 e. The number of hydrogen-bond donors (Lipinski definition) is 3. The van der Waals surface area contributed by atoms with Crippen LogP contribution in [-0.2, 0) is 23.9 Å². The smallest absolute Gasteiger partial charge is 0.408 e. The highest BCUT2D eigenvalue weighted by molar-refractivity contribution is 8.00. The van der Waals surface area contributed by atoms with Crippen LogP contribution in [0.2, 0.25) is 0 Å². The van der Waals surface area contributed by atoms with Gasteiger partial charge in [-0.3, -0.25) is 24.1 Å². The monoisotopic (exact) mass is 389 g/mol. The van der Waals surface area contributed by atoms with Crippen LogP contribution in [0.3, 0.4) is 0 Å². The van der Waals surface area contributed by atoms with Gasteiger partial charge in [0.2, 0.25) is 11.8 Å². The lowest BCUT2D eigenvalue weighted by Crippen LogP contribution is -2.45. The highest BCUT2D eigenvalue weighted by Crippen LogP contribution is 2.14. The zero-order chi connectivity index (χ0) is 19.9. The summed E-state index contributed by atoms with van der Waals surface area (Å²) in [5, 5.41) is 13.3. The molecule has 1 heterocycles. The fourth-order valence-corrected chi connectivity index (χ4v) is 2.63. The summed E-state index contributed by atoms with van der Waals surface area (Å²) in [6.07, 6.45) is -0.949. The Balaban J connectivity index is 2.38. The number of aliphatic carboxylic acids is 1. The first-order valence-corrected chi connectivity index (χ1v) is 9.05. The van der Waals surface area contributed by atoms with Crippen molar-refractivity contribution in [3.8, 4) is 0 Å². The van der Waals surface area contributed by atoms with Gasteiger partial charge >= 0.3 is 12.1 Å². The van der Waals surface area contributed by atoms with E-state index in [4.69, 9.17) is 9.84 Å². The van der Waals surface area contributed by atoms with Crippen LogP contribution in [0.15, 0.2) is 0 Å². The van der Waals surface area contributed by atoms with Crippen LogP contribution in [-0.4, -0.2) is 76.0 Å². The summed E-state index contributed by atoms with van der Waals surface area (Å²) in [6, 6.07) is -0.987. The number of nitrogens with one attached hydrogen (secondary N) is 2. The molecule has 0 aromatic carbocycles. The number of hydrogen-bond acceptors (Lipinski definition) is 7. The van der Waals surface area contributed by atoms with Gasteiger partial charge in [0.05, 0.1) is 17.9 Å². The number of rotatable bonds is 8. The van der Waals surface area contributed by atoms with E-state index in [0.717, 1.165) is 16.7 Å². The second-order valence-corrected chi connectivity index (χ2v) is 7.51. The van der Waals surface area contributed by atoms with E-state index in [1.807, 2.05) is 0 Å². The number of carboxylic acids is 1. The normalized spacial score (nSPS) is 17.2. The summed E-state index contributed by atoms with van der Waals surface area (Å²) >= 11 is 0.944. The molecular weight excluding hydrogens is 366 g/mol. The molecule has 0 saturated carbocycles. The number of carbonyl (C=O) groups is 5. The van der Waals surface area contributed by atoms with E-state index in [-0.39, 0.29) is 31.0 Å². The molecule has 4 amide bonds. The van der Waals surface area contributed by atoms with Gasteiger partial charge in [-0.1, -0.05) is 0 Å². The maximum absolute atomic E-state index is 12.2. The summed E-state index contributed by atoms with van der Waals surface area (Å²) in [5.74, 6) is -2.63. The lowest BCUT2D eigenvalue weighted by molar-refractivity contribution is -0.139. The van der Waals surface area contributed by atoms with Gasteiger partial charge in [-0.15, -0.1) is 11.8 Å². The molecule has 1 fully saturated rings. The maximum atomic E-state index is 12.2. The number of alkyl carbamates (subject to hydrolysis) is 1. The van der Waals surface area contributed by atoms with Crippen LogP contribution in [0.5, 0.6) is 0 Å². The van der Waals surface area contributed by atoms with Crippen molar-refractivity contribution in [1.82, 2.24) is 15.5 Å². The molecule has 0 aromatic rings. The predicted molar refractivity (Wildman–Crippen MR) is 92.5 cm³/mol. The fourth-order valence-electron chi connectivity index (χ4n) is 2.07. The Kier molecular flexibility index (Phi) is 7.87. The Morgan fingerprint density at radius 2 is 1.92 bits per heavy atom. The number of amides is 4. The number of ether oxygens (including phenoxy) is 1. The average molecular weight is 389 g/mol. The Morgan fingerprint density at radius 1 is 1.27 bits per heavy atom. The number of likely N-dealkylation sites (tertiary alicyclic amines) is 1. The molecule has 1 aliphatic rings. The molecule has 11 heteroatoms. The Hall–Kier alpha value is -2.30. The Morgan fingerprint density at radius 3 is 2.50 bits per heavy atom. The third-order valence-corrected chi connectivity index (χ3v) is 3.97. The molecule has 0 radical (unpaired) electrons. The molecule has 0 bridgehead atoms. The summed E-state index contributed by atoms with van der Waals surface area (Å²) in [7, 11) is 0. The first-order chi connectivity index (χ1) is 12.0. The van der Waals surface area contributed by atoms with E-state index in [2.05, 4.69) is 10.6 Å². The summed E-state index contributed by atoms with van der Waals surface area (Å²) in [4.78, 5) is 58.7. The molecule has 0 aromatic heterocycles. The van der Waals surface area contributed by atoms with Gasteiger partial charge in [0, 0.05) is 13.1 Å². The molecule has 0 spiro atoms. The van der Waals surface area contributed by atoms with Crippen LogP contribution in [0, 0.1) is 0 Å². The molecule has 0 unspecified atom stereocenters. The number of imide groups is 1. The van der Waals surface area contributed by atoms with Crippen LogP contribution in [0.1, 0.15) is 27.2 Å². The highest BCUT2D eigenvalue weighted by Gasteiger charge is 2.39. The van der Waals surface area contributed by atoms with Crippen molar-refractivity contribution in [2.75, 3.05) is 24.6 Å².